The summed E-state index contributed by atoms with van der Waals surface area (Å²) < 4.78 is 8.67. The second-order valence-electron chi connectivity index (χ2n) is 15.3. The average Bonchev–Trinajstić information content (AvgIpc) is 3.86. The minimum atomic E-state index is 0.901. The third kappa shape index (κ3) is 5.36. The van der Waals surface area contributed by atoms with E-state index in [-0.39, 0.29) is 0 Å². The van der Waals surface area contributed by atoms with Gasteiger partial charge in [0.05, 0.1) is 16.7 Å². The highest BCUT2D eigenvalue weighted by molar-refractivity contribution is 6.13. The molecule has 0 saturated carbocycles. The topological polar surface area (TPSA) is 21.3 Å². The molecule has 0 bridgehead atoms. The van der Waals surface area contributed by atoms with E-state index in [0.29, 0.717) is 0 Å². The Morgan fingerprint density at radius 1 is 0.339 bits per heavy atom. The first kappa shape index (κ1) is 33.3. The summed E-state index contributed by atoms with van der Waals surface area (Å²) in [5.74, 6) is 0. The Bertz CT molecular complexity index is 3500. The Labute approximate surface area is 341 Å². The Balaban J connectivity index is 0.998. The molecule has 0 aliphatic heterocycles. The summed E-state index contributed by atoms with van der Waals surface area (Å²) in [6, 6.07) is 78.8. The molecule has 0 fully saturated rings. The number of rotatable bonds is 6. The molecule has 12 aromatic rings. The zero-order valence-corrected chi connectivity index (χ0v) is 32.1. The van der Waals surface area contributed by atoms with Crippen molar-refractivity contribution in [3.8, 4) is 27.9 Å². The van der Waals surface area contributed by atoms with E-state index < -0.39 is 0 Å². The van der Waals surface area contributed by atoms with Crippen molar-refractivity contribution in [1.82, 2.24) is 4.57 Å². The molecule has 0 atom stereocenters. The lowest BCUT2D eigenvalue weighted by Gasteiger charge is -2.26. The second kappa shape index (κ2) is 13.4. The molecule has 0 radical (unpaired) electrons. The van der Waals surface area contributed by atoms with E-state index in [9.17, 15) is 0 Å². The molecule has 276 valence electrons. The molecule has 2 aromatic heterocycles. The normalized spacial score (nSPS) is 11.7. The quantitative estimate of drug-likeness (QED) is 0.158. The van der Waals surface area contributed by atoms with Crippen LogP contribution in [0.5, 0.6) is 0 Å². The van der Waals surface area contributed by atoms with Gasteiger partial charge < -0.3 is 13.9 Å². The van der Waals surface area contributed by atoms with Crippen LogP contribution in [0.3, 0.4) is 0 Å². The molecule has 12 rings (SSSR count). The van der Waals surface area contributed by atoms with Gasteiger partial charge in [0.15, 0.2) is 0 Å². The number of aromatic nitrogens is 1. The van der Waals surface area contributed by atoms with Gasteiger partial charge in [0.25, 0.3) is 0 Å². The summed E-state index contributed by atoms with van der Waals surface area (Å²) in [5, 5.41) is 9.73. The van der Waals surface area contributed by atoms with Crippen molar-refractivity contribution in [3.63, 3.8) is 0 Å². The average molecular weight is 753 g/mol. The van der Waals surface area contributed by atoms with Gasteiger partial charge in [0.2, 0.25) is 0 Å². The van der Waals surface area contributed by atoms with Gasteiger partial charge in [0.1, 0.15) is 11.2 Å². The van der Waals surface area contributed by atoms with Crippen LogP contribution in [-0.2, 0) is 0 Å². The van der Waals surface area contributed by atoms with Crippen LogP contribution in [0.2, 0.25) is 0 Å². The van der Waals surface area contributed by atoms with Crippen molar-refractivity contribution in [2.45, 2.75) is 0 Å². The van der Waals surface area contributed by atoms with Gasteiger partial charge in [-0.2, -0.15) is 0 Å². The van der Waals surface area contributed by atoms with Crippen molar-refractivity contribution in [2.24, 2.45) is 0 Å². The van der Waals surface area contributed by atoms with Crippen LogP contribution in [0.25, 0.3) is 93.2 Å². The fourth-order valence-corrected chi connectivity index (χ4v) is 9.27. The van der Waals surface area contributed by atoms with Crippen LogP contribution in [0.1, 0.15) is 0 Å². The monoisotopic (exact) mass is 752 g/mol. The zero-order valence-electron chi connectivity index (χ0n) is 32.1. The first-order valence-corrected chi connectivity index (χ1v) is 20.2. The summed E-state index contributed by atoms with van der Waals surface area (Å²) in [6.45, 7) is 0. The molecule has 3 nitrogen and oxygen atoms in total. The first-order chi connectivity index (χ1) is 29.3. The minimum absolute atomic E-state index is 0.901. The van der Waals surface area contributed by atoms with Gasteiger partial charge in [-0.15, -0.1) is 0 Å². The van der Waals surface area contributed by atoms with Crippen molar-refractivity contribution < 1.29 is 4.42 Å². The third-order valence-electron chi connectivity index (χ3n) is 12.0. The summed E-state index contributed by atoms with van der Waals surface area (Å²) in [5.41, 5.74) is 13.3. The summed E-state index contributed by atoms with van der Waals surface area (Å²) >= 11 is 0. The van der Waals surface area contributed by atoms with Crippen molar-refractivity contribution in [1.29, 1.82) is 0 Å². The van der Waals surface area contributed by atoms with Gasteiger partial charge in [-0.05, 0) is 105 Å². The number of fused-ring (bicyclic) bond motifs is 9. The van der Waals surface area contributed by atoms with Crippen LogP contribution >= 0.6 is 0 Å². The maximum absolute atomic E-state index is 6.26. The number of anilines is 3. The van der Waals surface area contributed by atoms with Crippen LogP contribution in [0.15, 0.2) is 223 Å². The number of furan rings is 1. The molecule has 0 spiro atoms. The zero-order chi connectivity index (χ0) is 38.9. The largest absolute Gasteiger partial charge is 0.456 e. The summed E-state index contributed by atoms with van der Waals surface area (Å²) in [7, 11) is 0. The standard InChI is InChI=1S/C56H36N2O/c1-2-13-44-37(12-1)24-25-40-30-35-43(36-50(40)44)57(42-33-28-39(29-34-42)46-18-11-23-55-56(46)49-17-6-10-22-54(49)59-55)41-31-26-38(27-32-41)45-14-3-7-19-51(45)58-52-20-8-4-15-47(52)48-16-5-9-21-53(48)58/h1-36H. The Hall–Kier alpha value is -7.88. The molecule has 0 aliphatic rings. The van der Waals surface area contributed by atoms with E-state index in [4.69, 9.17) is 4.42 Å². The highest BCUT2D eigenvalue weighted by Crippen LogP contribution is 2.42. The maximum Gasteiger partial charge on any atom is 0.136 e. The molecular formula is C56H36N2O. The Morgan fingerprint density at radius 3 is 1.58 bits per heavy atom. The molecule has 3 heteroatoms. The van der Waals surface area contributed by atoms with E-state index in [1.165, 1.54) is 48.9 Å². The van der Waals surface area contributed by atoms with Crippen LogP contribution < -0.4 is 4.90 Å². The van der Waals surface area contributed by atoms with Gasteiger partial charge in [-0.3, -0.25) is 0 Å². The number of benzene rings is 10. The van der Waals surface area contributed by atoms with Crippen LogP contribution in [0.4, 0.5) is 17.1 Å². The predicted octanol–water partition coefficient (Wildman–Crippen LogP) is 15.8. The molecule has 0 N–H and O–H groups in total. The fourth-order valence-electron chi connectivity index (χ4n) is 9.27. The summed E-state index contributed by atoms with van der Waals surface area (Å²) in [6.07, 6.45) is 0. The van der Waals surface area contributed by atoms with Crippen molar-refractivity contribution in [3.05, 3.63) is 218 Å². The highest BCUT2D eigenvalue weighted by Gasteiger charge is 2.19. The lowest BCUT2D eigenvalue weighted by Crippen LogP contribution is -2.10. The Morgan fingerprint density at radius 2 is 0.847 bits per heavy atom. The first-order valence-electron chi connectivity index (χ1n) is 20.2. The highest BCUT2D eigenvalue weighted by atomic mass is 16.3. The Kier molecular flexibility index (Phi) is 7.54. The van der Waals surface area contributed by atoms with Gasteiger partial charge in [0, 0.05) is 44.2 Å². The third-order valence-corrected chi connectivity index (χ3v) is 12.0. The predicted molar refractivity (Wildman–Crippen MR) is 249 cm³/mol. The molecule has 0 aliphatic carbocycles. The number of hydrogen-bond donors (Lipinski definition) is 0. The van der Waals surface area contributed by atoms with E-state index in [2.05, 4.69) is 216 Å². The number of nitrogens with zero attached hydrogens (tertiary/aromatic N) is 2. The van der Waals surface area contributed by atoms with Crippen LogP contribution in [0, 0.1) is 0 Å². The maximum atomic E-state index is 6.26. The van der Waals surface area contributed by atoms with E-state index in [1.807, 2.05) is 12.1 Å². The van der Waals surface area contributed by atoms with Crippen LogP contribution in [-0.4, -0.2) is 4.57 Å². The molecule has 0 unspecified atom stereocenters. The fraction of sp³-hybridized carbons (Fsp3) is 0. The smallest absolute Gasteiger partial charge is 0.136 e. The molecule has 59 heavy (non-hydrogen) atoms. The number of para-hydroxylation sites is 4. The lowest BCUT2D eigenvalue weighted by atomic mass is 9.98. The molecular weight excluding hydrogens is 717 g/mol. The molecule has 0 saturated heterocycles. The SMILES string of the molecule is c1ccc(-n2c3ccccc3c3ccccc32)c(-c2ccc(N(c3ccc(-c4cccc5oc6ccccc6c45)cc3)c3ccc4ccc5ccccc5c4c3)cc2)c1. The lowest BCUT2D eigenvalue weighted by molar-refractivity contribution is 0.669. The van der Waals surface area contributed by atoms with Crippen molar-refractivity contribution >= 4 is 82.4 Å². The molecule has 10 aromatic carbocycles. The van der Waals surface area contributed by atoms with Gasteiger partial charge in [-0.1, -0.05) is 152 Å². The molecule has 0 amide bonds. The van der Waals surface area contributed by atoms with E-state index in [0.717, 1.165) is 61.4 Å². The van der Waals surface area contributed by atoms with Gasteiger partial charge >= 0.3 is 0 Å². The summed E-state index contributed by atoms with van der Waals surface area (Å²) in [4.78, 5) is 2.38. The molecule has 2 heterocycles. The van der Waals surface area contributed by atoms with E-state index >= 15 is 0 Å². The van der Waals surface area contributed by atoms with Crippen molar-refractivity contribution in [2.75, 3.05) is 4.90 Å². The second-order valence-corrected chi connectivity index (χ2v) is 15.3. The van der Waals surface area contributed by atoms with E-state index in [1.54, 1.807) is 0 Å². The number of hydrogen-bond acceptors (Lipinski definition) is 2. The van der Waals surface area contributed by atoms with Gasteiger partial charge in [-0.25, -0.2) is 0 Å². The minimum Gasteiger partial charge on any atom is -0.456 e.